The van der Waals surface area contributed by atoms with Gasteiger partial charge in [0.2, 0.25) is 0 Å². The average molecular weight is 580 g/mol. The predicted molar refractivity (Wildman–Crippen MR) is 156 cm³/mol. The summed E-state index contributed by atoms with van der Waals surface area (Å²) in [7, 11) is 0. The number of pyridine rings is 1. The number of nitrogens with zero attached hydrogens (tertiary/aromatic N) is 1. The Kier molecular flexibility index (Phi) is 9.36. The minimum atomic E-state index is -1.15. The number of aromatic hydroxyl groups is 1. The number of aliphatic carboxylic acids is 1. The number of anilines is 1. The van der Waals surface area contributed by atoms with Gasteiger partial charge in [-0.25, -0.2) is 4.79 Å². The van der Waals surface area contributed by atoms with E-state index in [4.69, 9.17) is 21.1 Å². The minimum absolute atomic E-state index is 0.0869. The number of amides is 2. The predicted octanol–water partition coefficient (Wildman–Crippen LogP) is 5.54. The Balaban J connectivity index is 1.69. The second-order valence-corrected chi connectivity index (χ2v) is 9.45. The quantitative estimate of drug-likeness (QED) is 0.183. The molecule has 0 spiro atoms. The Morgan fingerprint density at radius 2 is 1.66 bits per heavy atom. The van der Waals surface area contributed by atoms with Crippen LogP contribution in [-0.2, 0) is 11.3 Å². The van der Waals surface area contributed by atoms with Gasteiger partial charge < -0.3 is 34.9 Å². The number of rotatable bonds is 11. The van der Waals surface area contributed by atoms with Crippen LogP contribution in [0.3, 0.4) is 0 Å². The van der Waals surface area contributed by atoms with Crippen molar-refractivity contribution in [2.24, 2.45) is 0 Å². The van der Waals surface area contributed by atoms with Crippen LogP contribution in [0.4, 0.5) is 10.5 Å². The van der Waals surface area contributed by atoms with Crippen molar-refractivity contribution in [1.29, 1.82) is 0 Å². The van der Waals surface area contributed by atoms with Crippen LogP contribution in [0.15, 0.2) is 71.5 Å². The number of carboxylic acid groups (broad SMARTS) is 1. The van der Waals surface area contributed by atoms with E-state index in [2.05, 4.69) is 10.6 Å². The number of carbonyl (C=O) groups excluding carboxylic acids is 1. The highest BCUT2D eigenvalue weighted by Gasteiger charge is 2.23. The summed E-state index contributed by atoms with van der Waals surface area (Å²) in [5.74, 6) is -0.681. The average Bonchev–Trinajstić information content (AvgIpc) is 2.95. The number of hydrogen-bond donors (Lipinski definition) is 4. The standard InChI is InChI=1S/C30H30ClN3O7/c1-3-40-24-14-13-18(15-25(24)41-4-2)22(16-26(35)36)32-30(39)33-27-28(37)20-10-6-8-12-23(20)34(29(27)38)17-19-9-5-7-11-21(19)31/h5-15,22,37H,3-4,16-17H2,1-2H3,(H,35,36)(H2,32,33,39)/t22-/m0/s1. The van der Waals surface area contributed by atoms with Gasteiger partial charge in [0.1, 0.15) is 0 Å². The molecule has 0 saturated heterocycles. The molecule has 0 unspecified atom stereocenters. The zero-order valence-corrected chi connectivity index (χ0v) is 23.3. The molecule has 1 heterocycles. The molecule has 3 aromatic carbocycles. The highest BCUT2D eigenvalue weighted by molar-refractivity contribution is 6.31. The molecule has 41 heavy (non-hydrogen) atoms. The molecule has 4 rings (SSSR count). The Labute approximate surface area is 241 Å². The van der Waals surface area contributed by atoms with Crippen molar-refractivity contribution in [2.75, 3.05) is 18.5 Å². The molecule has 0 bridgehead atoms. The SMILES string of the molecule is CCOc1ccc([C@H](CC(=O)O)NC(=O)Nc2c(O)c3ccccc3n(Cc3ccccc3Cl)c2=O)cc1OCC. The number of aromatic nitrogens is 1. The van der Waals surface area contributed by atoms with Crippen LogP contribution in [0.25, 0.3) is 10.9 Å². The Bertz CT molecular complexity index is 1640. The summed E-state index contributed by atoms with van der Waals surface area (Å²) >= 11 is 6.34. The summed E-state index contributed by atoms with van der Waals surface area (Å²) in [6.45, 7) is 4.47. The molecule has 0 radical (unpaired) electrons. The fourth-order valence-corrected chi connectivity index (χ4v) is 4.67. The summed E-state index contributed by atoms with van der Waals surface area (Å²) in [6, 6.07) is 16.8. The highest BCUT2D eigenvalue weighted by Crippen LogP contribution is 2.33. The maximum absolute atomic E-state index is 13.6. The number of carboxylic acids is 1. The third-order valence-corrected chi connectivity index (χ3v) is 6.69. The van der Waals surface area contributed by atoms with Gasteiger partial charge in [-0.1, -0.05) is 48.0 Å². The fraction of sp³-hybridized carbons (Fsp3) is 0.233. The first-order valence-electron chi connectivity index (χ1n) is 13.0. The van der Waals surface area contributed by atoms with Crippen molar-refractivity contribution in [3.05, 3.63) is 93.2 Å². The molecule has 0 aliphatic carbocycles. The zero-order chi connectivity index (χ0) is 29.5. The molecule has 214 valence electrons. The molecule has 2 amide bonds. The van der Waals surface area contributed by atoms with Gasteiger partial charge in [-0.3, -0.25) is 9.59 Å². The number of halogens is 1. The third-order valence-electron chi connectivity index (χ3n) is 6.32. The molecule has 1 aromatic heterocycles. The first kappa shape index (κ1) is 29.3. The molecule has 10 nitrogen and oxygen atoms in total. The van der Waals surface area contributed by atoms with Crippen molar-refractivity contribution < 1.29 is 29.3 Å². The Morgan fingerprint density at radius 3 is 2.37 bits per heavy atom. The van der Waals surface area contributed by atoms with Crippen LogP contribution in [0.1, 0.15) is 37.4 Å². The number of hydrogen-bond acceptors (Lipinski definition) is 6. The monoisotopic (exact) mass is 579 g/mol. The maximum Gasteiger partial charge on any atom is 0.319 e. The summed E-state index contributed by atoms with van der Waals surface area (Å²) < 4.78 is 12.6. The number of para-hydroxylation sites is 1. The second-order valence-electron chi connectivity index (χ2n) is 9.04. The molecule has 0 fully saturated rings. The lowest BCUT2D eigenvalue weighted by Crippen LogP contribution is -2.36. The third kappa shape index (κ3) is 6.72. The zero-order valence-electron chi connectivity index (χ0n) is 22.5. The van der Waals surface area contributed by atoms with Crippen molar-refractivity contribution >= 4 is 40.2 Å². The van der Waals surface area contributed by atoms with Gasteiger partial charge in [-0.2, -0.15) is 0 Å². The van der Waals surface area contributed by atoms with Gasteiger partial charge in [0.05, 0.1) is 37.7 Å². The largest absolute Gasteiger partial charge is 0.505 e. The molecule has 0 aliphatic rings. The van der Waals surface area contributed by atoms with Crippen LogP contribution >= 0.6 is 11.6 Å². The first-order chi connectivity index (χ1) is 19.7. The van der Waals surface area contributed by atoms with Crippen molar-refractivity contribution in [3.8, 4) is 17.2 Å². The van der Waals surface area contributed by atoms with Crippen LogP contribution in [0, 0.1) is 0 Å². The van der Waals surface area contributed by atoms with Crippen LogP contribution < -0.4 is 25.7 Å². The number of urea groups is 1. The van der Waals surface area contributed by atoms with E-state index in [1.165, 1.54) is 4.57 Å². The molecule has 11 heteroatoms. The Morgan fingerprint density at radius 1 is 0.976 bits per heavy atom. The topological polar surface area (TPSA) is 139 Å². The van der Waals surface area contributed by atoms with Crippen LogP contribution in [0.2, 0.25) is 5.02 Å². The molecule has 4 aromatic rings. The molecule has 1 atom stereocenters. The number of carbonyl (C=O) groups is 2. The van der Waals surface area contributed by atoms with Crippen molar-refractivity contribution in [3.63, 3.8) is 0 Å². The van der Waals surface area contributed by atoms with Gasteiger partial charge in [0.25, 0.3) is 5.56 Å². The summed E-state index contributed by atoms with van der Waals surface area (Å²) in [5.41, 5.74) is 0.551. The maximum atomic E-state index is 13.6. The van der Waals surface area contributed by atoms with Crippen molar-refractivity contribution in [1.82, 2.24) is 9.88 Å². The lowest BCUT2D eigenvalue weighted by Gasteiger charge is -2.21. The normalized spacial score (nSPS) is 11.6. The van der Waals surface area contributed by atoms with Gasteiger partial charge in [-0.15, -0.1) is 0 Å². The van der Waals surface area contributed by atoms with E-state index in [-0.39, 0.29) is 12.2 Å². The first-order valence-corrected chi connectivity index (χ1v) is 13.4. The second kappa shape index (κ2) is 13.1. The summed E-state index contributed by atoms with van der Waals surface area (Å²) in [6.07, 6.45) is -0.451. The van der Waals surface area contributed by atoms with E-state index in [1.54, 1.807) is 73.7 Å². The van der Waals surface area contributed by atoms with Crippen molar-refractivity contribution in [2.45, 2.75) is 32.9 Å². The highest BCUT2D eigenvalue weighted by atomic mass is 35.5. The summed E-state index contributed by atoms with van der Waals surface area (Å²) in [4.78, 5) is 38.4. The van der Waals surface area contributed by atoms with Crippen LogP contribution in [0.5, 0.6) is 17.2 Å². The van der Waals surface area contributed by atoms with E-state index >= 15 is 0 Å². The fourth-order valence-electron chi connectivity index (χ4n) is 4.48. The molecule has 0 saturated carbocycles. The number of nitrogens with one attached hydrogen (secondary N) is 2. The van der Waals surface area contributed by atoms with Gasteiger partial charge in [0.15, 0.2) is 22.9 Å². The number of ether oxygens (including phenoxy) is 2. The number of benzene rings is 3. The molecular weight excluding hydrogens is 550 g/mol. The van der Waals surface area contributed by atoms with Gasteiger partial charge in [0, 0.05) is 10.4 Å². The van der Waals surface area contributed by atoms with E-state index in [9.17, 15) is 24.6 Å². The van der Waals surface area contributed by atoms with E-state index in [0.29, 0.717) is 51.8 Å². The summed E-state index contributed by atoms with van der Waals surface area (Å²) in [5, 5.41) is 26.4. The molecular formula is C30H30ClN3O7. The van der Waals surface area contributed by atoms with Gasteiger partial charge in [-0.05, 0) is 55.3 Å². The van der Waals surface area contributed by atoms with Gasteiger partial charge >= 0.3 is 12.0 Å². The molecule has 4 N–H and O–H groups in total. The number of fused-ring (bicyclic) bond motifs is 1. The lowest BCUT2D eigenvalue weighted by molar-refractivity contribution is -0.137. The lowest BCUT2D eigenvalue weighted by atomic mass is 10.0. The van der Waals surface area contributed by atoms with E-state index in [0.717, 1.165) is 0 Å². The van der Waals surface area contributed by atoms with E-state index < -0.39 is 35.8 Å². The molecule has 0 aliphatic heterocycles. The Hall–Kier alpha value is -4.70. The smallest absolute Gasteiger partial charge is 0.319 e. The van der Waals surface area contributed by atoms with Crippen LogP contribution in [-0.4, -0.2) is 40.0 Å². The minimum Gasteiger partial charge on any atom is -0.505 e. The van der Waals surface area contributed by atoms with E-state index in [1.807, 2.05) is 6.92 Å².